The molecule has 4 nitrogen and oxygen atoms in total. The summed E-state index contributed by atoms with van der Waals surface area (Å²) in [5.74, 6) is 0.629. The molecule has 1 fully saturated rings. The molecule has 2 N–H and O–H groups in total. The summed E-state index contributed by atoms with van der Waals surface area (Å²) in [6.45, 7) is 10.4. The third-order valence-electron chi connectivity index (χ3n) is 3.57. The molecule has 1 aliphatic rings. The molecule has 114 valence electrons. The van der Waals surface area contributed by atoms with Crippen LogP contribution in [0.3, 0.4) is 0 Å². The molecule has 0 aromatic rings. The van der Waals surface area contributed by atoms with Crippen LogP contribution in [0.1, 0.15) is 47.0 Å². The standard InChI is InChI=1S/C15H31NO3/c1-11(2)8-12(3)19-10-14(17)9-16-13(4)15-6-5-7-18-15/h11-17H,5-10H2,1-4H3. The van der Waals surface area contributed by atoms with Crippen molar-refractivity contribution in [2.75, 3.05) is 19.8 Å². The molecular weight excluding hydrogens is 242 g/mol. The van der Waals surface area contributed by atoms with Crippen LogP contribution in [0.2, 0.25) is 0 Å². The summed E-state index contributed by atoms with van der Waals surface area (Å²) in [7, 11) is 0. The number of aliphatic hydroxyl groups excluding tert-OH is 1. The molecule has 19 heavy (non-hydrogen) atoms. The van der Waals surface area contributed by atoms with Crippen molar-refractivity contribution in [2.24, 2.45) is 5.92 Å². The Morgan fingerprint density at radius 2 is 2.05 bits per heavy atom. The Kier molecular flexibility index (Phi) is 7.91. The Labute approximate surface area is 117 Å². The van der Waals surface area contributed by atoms with Gasteiger partial charge in [0.2, 0.25) is 0 Å². The number of hydrogen-bond acceptors (Lipinski definition) is 4. The summed E-state index contributed by atoms with van der Waals surface area (Å²) in [6.07, 6.45) is 3.37. The Balaban J connectivity index is 2.08. The largest absolute Gasteiger partial charge is 0.389 e. The number of hydrogen-bond donors (Lipinski definition) is 2. The van der Waals surface area contributed by atoms with Crippen LogP contribution in [0.4, 0.5) is 0 Å². The first kappa shape index (κ1) is 16.9. The summed E-state index contributed by atoms with van der Waals surface area (Å²) < 4.78 is 11.3. The van der Waals surface area contributed by atoms with Crippen molar-refractivity contribution in [1.82, 2.24) is 5.32 Å². The third kappa shape index (κ3) is 7.25. The summed E-state index contributed by atoms with van der Waals surface area (Å²) in [6, 6.07) is 0.297. The lowest BCUT2D eigenvalue weighted by Crippen LogP contribution is -2.42. The highest BCUT2D eigenvalue weighted by atomic mass is 16.5. The van der Waals surface area contributed by atoms with Gasteiger partial charge in [-0.05, 0) is 39.0 Å². The summed E-state index contributed by atoms with van der Waals surface area (Å²) >= 11 is 0. The minimum Gasteiger partial charge on any atom is -0.389 e. The normalized spacial score (nSPS) is 24.6. The highest BCUT2D eigenvalue weighted by Crippen LogP contribution is 2.15. The van der Waals surface area contributed by atoms with Crippen molar-refractivity contribution < 1.29 is 14.6 Å². The molecule has 1 rings (SSSR count). The van der Waals surface area contributed by atoms with E-state index < -0.39 is 6.10 Å². The minimum atomic E-state index is -0.446. The average Bonchev–Trinajstić information content (AvgIpc) is 2.86. The Morgan fingerprint density at radius 1 is 1.32 bits per heavy atom. The van der Waals surface area contributed by atoms with Gasteiger partial charge >= 0.3 is 0 Å². The quantitative estimate of drug-likeness (QED) is 0.674. The highest BCUT2D eigenvalue weighted by molar-refractivity contribution is 4.77. The molecule has 1 aliphatic heterocycles. The van der Waals surface area contributed by atoms with Gasteiger partial charge in [0.1, 0.15) is 0 Å². The van der Waals surface area contributed by atoms with E-state index in [-0.39, 0.29) is 6.10 Å². The zero-order valence-corrected chi connectivity index (χ0v) is 12.9. The maximum absolute atomic E-state index is 9.90. The predicted molar refractivity (Wildman–Crippen MR) is 77.3 cm³/mol. The average molecular weight is 273 g/mol. The van der Waals surface area contributed by atoms with Crippen molar-refractivity contribution >= 4 is 0 Å². The molecule has 4 unspecified atom stereocenters. The lowest BCUT2D eigenvalue weighted by Gasteiger charge is -2.23. The van der Waals surface area contributed by atoms with E-state index in [4.69, 9.17) is 9.47 Å². The molecule has 0 radical (unpaired) electrons. The molecule has 1 saturated heterocycles. The van der Waals surface area contributed by atoms with Crippen LogP contribution in [-0.4, -0.2) is 49.2 Å². The summed E-state index contributed by atoms with van der Waals surface area (Å²) in [4.78, 5) is 0. The monoisotopic (exact) mass is 273 g/mol. The second kappa shape index (κ2) is 8.90. The van der Waals surface area contributed by atoms with Gasteiger partial charge in [0.15, 0.2) is 0 Å². The first-order valence-corrected chi connectivity index (χ1v) is 7.63. The van der Waals surface area contributed by atoms with Crippen LogP contribution in [0.25, 0.3) is 0 Å². The fraction of sp³-hybridized carbons (Fsp3) is 1.00. The Morgan fingerprint density at radius 3 is 2.63 bits per heavy atom. The van der Waals surface area contributed by atoms with E-state index in [1.54, 1.807) is 0 Å². The lowest BCUT2D eigenvalue weighted by molar-refractivity contribution is -0.0113. The molecule has 0 saturated carbocycles. The number of aliphatic hydroxyl groups is 1. The fourth-order valence-corrected chi connectivity index (χ4v) is 2.52. The maximum atomic E-state index is 9.90. The van der Waals surface area contributed by atoms with Gasteiger partial charge in [-0.3, -0.25) is 0 Å². The topological polar surface area (TPSA) is 50.7 Å². The van der Waals surface area contributed by atoms with E-state index in [2.05, 4.69) is 33.0 Å². The predicted octanol–water partition coefficient (Wildman–Crippen LogP) is 1.96. The van der Waals surface area contributed by atoms with E-state index >= 15 is 0 Å². The van der Waals surface area contributed by atoms with E-state index in [9.17, 15) is 5.11 Å². The first-order valence-electron chi connectivity index (χ1n) is 7.63. The second-order valence-corrected chi connectivity index (χ2v) is 6.18. The van der Waals surface area contributed by atoms with Gasteiger partial charge in [-0.2, -0.15) is 0 Å². The van der Waals surface area contributed by atoms with Gasteiger partial charge in [0.05, 0.1) is 24.9 Å². The molecule has 0 amide bonds. The molecule has 0 aromatic heterocycles. The summed E-state index contributed by atoms with van der Waals surface area (Å²) in [5.41, 5.74) is 0. The number of rotatable bonds is 9. The zero-order chi connectivity index (χ0) is 14.3. The summed E-state index contributed by atoms with van der Waals surface area (Å²) in [5, 5.41) is 13.2. The van der Waals surface area contributed by atoms with Gasteiger partial charge < -0.3 is 19.9 Å². The number of nitrogens with one attached hydrogen (secondary N) is 1. The zero-order valence-electron chi connectivity index (χ0n) is 12.9. The Bertz CT molecular complexity index is 229. The molecule has 0 aromatic carbocycles. The first-order chi connectivity index (χ1) is 8.99. The molecule has 0 bridgehead atoms. The number of ether oxygens (including phenoxy) is 2. The van der Waals surface area contributed by atoms with Crippen LogP contribution in [-0.2, 0) is 9.47 Å². The van der Waals surface area contributed by atoms with Gasteiger partial charge in [-0.15, -0.1) is 0 Å². The fourth-order valence-electron chi connectivity index (χ4n) is 2.52. The van der Waals surface area contributed by atoms with E-state index in [0.29, 0.717) is 31.2 Å². The second-order valence-electron chi connectivity index (χ2n) is 6.18. The van der Waals surface area contributed by atoms with Crippen molar-refractivity contribution in [2.45, 2.75) is 71.3 Å². The van der Waals surface area contributed by atoms with Gasteiger partial charge in [0, 0.05) is 19.2 Å². The lowest BCUT2D eigenvalue weighted by atomic mass is 10.1. The minimum absolute atomic E-state index is 0.213. The van der Waals surface area contributed by atoms with Crippen LogP contribution < -0.4 is 5.32 Å². The smallest absolute Gasteiger partial charge is 0.0897 e. The van der Waals surface area contributed by atoms with Crippen LogP contribution in [0.15, 0.2) is 0 Å². The molecule has 0 aliphatic carbocycles. The molecule has 1 heterocycles. The van der Waals surface area contributed by atoms with Crippen molar-refractivity contribution in [1.29, 1.82) is 0 Å². The Hall–Kier alpha value is -0.160. The molecular formula is C15H31NO3. The van der Waals surface area contributed by atoms with E-state index in [1.165, 1.54) is 0 Å². The van der Waals surface area contributed by atoms with Gasteiger partial charge in [-0.25, -0.2) is 0 Å². The maximum Gasteiger partial charge on any atom is 0.0897 e. The van der Waals surface area contributed by atoms with Gasteiger partial charge in [0.25, 0.3) is 0 Å². The van der Waals surface area contributed by atoms with Crippen molar-refractivity contribution in [3.05, 3.63) is 0 Å². The molecule has 0 spiro atoms. The SMILES string of the molecule is CC(C)CC(C)OCC(O)CNC(C)C1CCCO1. The van der Waals surface area contributed by atoms with E-state index in [0.717, 1.165) is 25.9 Å². The van der Waals surface area contributed by atoms with Gasteiger partial charge in [-0.1, -0.05) is 13.8 Å². The highest BCUT2D eigenvalue weighted by Gasteiger charge is 2.22. The third-order valence-corrected chi connectivity index (χ3v) is 3.57. The van der Waals surface area contributed by atoms with E-state index in [1.807, 2.05) is 0 Å². The van der Waals surface area contributed by atoms with Crippen LogP contribution in [0, 0.1) is 5.92 Å². The van der Waals surface area contributed by atoms with Crippen molar-refractivity contribution in [3.63, 3.8) is 0 Å². The molecule has 4 heteroatoms. The van der Waals surface area contributed by atoms with Crippen molar-refractivity contribution in [3.8, 4) is 0 Å². The van der Waals surface area contributed by atoms with Crippen LogP contribution in [0.5, 0.6) is 0 Å². The van der Waals surface area contributed by atoms with Crippen LogP contribution >= 0.6 is 0 Å². The molecule has 4 atom stereocenters.